The van der Waals surface area contributed by atoms with E-state index in [1.165, 1.54) is 0 Å². The zero-order valence-corrected chi connectivity index (χ0v) is 25.3. The fraction of sp³-hybridized carbons (Fsp3) is 0.324. The first-order valence-corrected chi connectivity index (χ1v) is 15.6. The van der Waals surface area contributed by atoms with Gasteiger partial charge in [-0.2, -0.15) is 0 Å². The number of hydrogen-bond acceptors (Lipinski definition) is 7. The number of halogens is 1. The minimum absolute atomic E-state index is 0.134. The van der Waals surface area contributed by atoms with Crippen molar-refractivity contribution >= 4 is 49.9 Å². The van der Waals surface area contributed by atoms with Gasteiger partial charge in [0.15, 0.2) is 0 Å². The summed E-state index contributed by atoms with van der Waals surface area (Å²) < 4.78 is 22.4. The largest absolute Gasteiger partial charge is 0.444 e. The molecule has 2 saturated heterocycles. The topological polar surface area (TPSA) is 70.6 Å². The highest BCUT2D eigenvalue weighted by Gasteiger charge is 2.44. The van der Waals surface area contributed by atoms with Gasteiger partial charge in [-0.25, -0.2) is 14.2 Å². The van der Waals surface area contributed by atoms with E-state index in [1.54, 1.807) is 23.6 Å². The number of aromatic nitrogens is 2. The van der Waals surface area contributed by atoms with Crippen LogP contribution >= 0.6 is 11.3 Å². The van der Waals surface area contributed by atoms with Gasteiger partial charge in [0.1, 0.15) is 11.4 Å². The van der Waals surface area contributed by atoms with Crippen LogP contribution in [0.5, 0.6) is 0 Å². The number of piperazine rings is 1. The number of likely N-dealkylation sites (tertiary alicyclic amines) is 1. The first-order valence-electron chi connectivity index (χ1n) is 14.7. The second kappa shape index (κ2) is 10.9. The van der Waals surface area contributed by atoms with Crippen molar-refractivity contribution in [2.75, 3.05) is 18.4 Å². The van der Waals surface area contributed by atoms with Crippen molar-refractivity contribution < 1.29 is 13.9 Å². The van der Waals surface area contributed by atoms with Crippen molar-refractivity contribution in [1.29, 1.82) is 0 Å². The lowest BCUT2D eigenvalue weighted by Gasteiger charge is -2.41. The Morgan fingerprint density at radius 3 is 2.58 bits per heavy atom. The number of ether oxygens (including phenoxy) is 1. The van der Waals surface area contributed by atoms with E-state index in [0.717, 1.165) is 69.6 Å². The van der Waals surface area contributed by atoms with Gasteiger partial charge in [0, 0.05) is 60.2 Å². The molecule has 0 spiro atoms. The molecule has 2 fully saturated rings. The van der Waals surface area contributed by atoms with Crippen LogP contribution in [0.1, 0.15) is 39.2 Å². The second-order valence-electron chi connectivity index (χ2n) is 12.5. The van der Waals surface area contributed by atoms with Crippen LogP contribution in [-0.4, -0.2) is 56.6 Å². The highest BCUT2D eigenvalue weighted by Crippen LogP contribution is 2.34. The van der Waals surface area contributed by atoms with Gasteiger partial charge in [0.2, 0.25) is 0 Å². The van der Waals surface area contributed by atoms with E-state index in [9.17, 15) is 4.79 Å². The van der Waals surface area contributed by atoms with Crippen LogP contribution in [0.2, 0.25) is 0 Å². The molecular weight excluding hydrogens is 561 g/mol. The predicted molar refractivity (Wildman–Crippen MR) is 170 cm³/mol. The Morgan fingerprint density at radius 2 is 1.81 bits per heavy atom. The molecule has 4 heterocycles. The van der Waals surface area contributed by atoms with Crippen LogP contribution < -0.4 is 5.32 Å². The van der Waals surface area contributed by atoms with Gasteiger partial charge in [0.25, 0.3) is 0 Å². The number of pyridine rings is 1. The van der Waals surface area contributed by atoms with Gasteiger partial charge in [-0.05, 0) is 87.2 Å². The molecule has 5 aromatic rings. The monoisotopic (exact) mass is 595 g/mol. The van der Waals surface area contributed by atoms with Gasteiger partial charge in [-0.1, -0.05) is 18.2 Å². The van der Waals surface area contributed by atoms with E-state index in [2.05, 4.69) is 26.3 Å². The molecule has 1 N–H and O–H groups in total. The summed E-state index contributed by atoms with van der Waals surface area (Å²) in [6.45, 7) is 7.87. The van der Waals surface area contributed by atoms with Crippen LogP contribution in [0.25, 0.3) is 32.2 Å². The number of amides is 1. The van der Waals surface area contributed by atoms with E-state index in [-0.39, 0.29) is 24.0 Å². The zero-order chi connectivity index (χ0) is 29.7. The van der Waals surface area contributed by atoms with Gasteiger partial charge < -0.3 is 10.1 Å². The van der Waals surface area contributed by atoms with Crippen molar-refractivity contribution in [3.8, 4) is 11.1 Å². The summed E-state index contributed by atoms with van der Waals surface area (Å²) in [7, 11) is 0. The zero-order valence-electron chi connectivity index (χ0n) is 24.5. The SMILES string of the molecule is CC(C)(C)OC(=O)N1C2CCC1CN(Cc1ccc(-c3ccc4nccc(Nc5ccc6scnc6c5)c4c3)c(F)c1)C2. The molecule has 2 unspecified atom stereocenters. The van der Waals surface area contributed by atoms with E-state index in [4.69, 9.17) is 4.74 Å². The molecule has 2 bridgehead atoms. The standard InChI is InChI=1S/C34H34FN5O2S/c1-34(2,3)42-33(41)40-24-7-8-25(40)19-39(18-24)17-21-4-9-26(28(35)14-21)22-5-10-29-27(15-22)30(12-13-36-29)38-23-6-11-32-31(16-23)37-20-43-32/h4-6,9-16,20,24-25H,7-8,17-19H2,1-3H3,(H,36,38). The lowest BCUT2D eigenvalue weighted by molar-refractivity contribution is -0.00542. The van der Waals surface area contributed by atoms with Crippen molar-refractivity contribution in [3.63, 3.8) is 0 Å². The van der Waals surface area contributed by atoms with Crippen molar-refractivity contribution in [2.45, 2.75) is 57.8 Å². The first kappa shape index (κ1) is 27.7. The normalized spacial score (nSPS) is 18.8. The summed E-state index contributed by atoms with van der Waals surface area (Å²) in [6, 6.07) is 19.7. The molecule has 2 aromatic heterocycles. The van der Waals surface area contributed by atoms with Crippen molar-refractivity contribution in [1.82, 2.24) is 19.8 Å². The second-order valence-corrected chi connectivity index (χ2v) is 13.4. The number of carbonyl (C=O) groups is 1. The van der Waals surface area contributed by atoms with E-state index < -0.39 is 5.60 Å². The van der Waals surface area contributed by atoms with E-state index in [1.807, 2.05) is 79.7 Å². The number of thiazole rings is 1. The number of carbonyl (C=O) groups excluding carboxylic acids is 1. The molecule has 2 atom stereocenters. The summed E-state index contributed by atoms with van der Waals surface area (Å²) in [6.07, 6.45) is 3.50. The Labute approximate surface area is 254 Å². The maximum absolute atomic E-state index is 15.6. The Balaban J connectivity index is 1.08. The molecule has 0 aliphatic carbocycles. The maximum atomic E-state index is 15.6. The van der Waals surface area contributed by atoms with Crippen molar-refractivity contribution in [3.05, 3.63) is 83.8 Å². The number of hydrogen-bond donors (Lipinski definition) is 1. The number of nitrogens with zero attached hydrogens (tertiary/aromatic N) is 4. The van der Waals surface area contributed by atoms with Gasteiger partial charge in [0.05, 0.1) is 21.2 Å². The summed E-state index contributed by atoms with van der Waals surface area (Å²) in [5.41, 5.74) is 7.24. The third-order valence-corrected chi connectivity index (χ3v) is 9.07. The smallest absolute Gasteiger partial charge is 0.410 e. The number of benzene rings is 3. The molecule has 7 rings (SSSR count). The average Bonchev–Trinajstić information content (AvgIpc) is 3.54. The summed E-state index contributed by atoms with van der Waals surface area (Å²) >= 11 is 1.62. The lowest BCUT2D eigenvalue weighted by atomic mass is 10.00. The van der Waals surface area contributed by atoms with Gasteiger partial charge >= 0.3 is 6.09 Å². The molecule has 1 amide bonds. The van der Waals surface area contributed by atoms with Crippen LogP contribution in [0.4, 0.5) is 20.6 Å². The Hall–Kier alpha value is -4.08. The first-order chi connectivity index (χ1) is 20.7. The molecule has 0 saturated carbocycles. The Kier molecular flexibility index (Phi) is 7.02. The minimum atomic E-state index is -0.511. The van der Waals surface area contributed by atoms with Crippen LogP contribution in [0.15, 0.2) is 72.4 Å². The minimum Gasteiger partial charge on any atom is -0.444 e. The molecule has 220 valence electrons. The Bertz CT molecular complexity index is 1820. The van der Waals surface area contributed by atoms with Gasteiger partial charge in [-0.15, -0.1) is 11.3 Å². The highest BCUT2D eigenvalue weighted by molar-refractivity contribution is 7.16. The highest BCUT2D eigenvalue weighted by atomic mass is 32.1. The van der Waals surface area contributed by atoms with Crippen molar-refractivity contribution in [2.24, 2.45) is 0 Å². The molecule has 9 heteroatoms. The molecule has 2 aliphatic rings. The molecule has 7 nitrogen and oxygen atoms in total. The average molecular weight is 596 g/mol. The molecule has 0 radical (unpaired) electrons. The number of anilines is 2. The van der Waals surface area contributed by atoms with Crippen LogP contribution in [-0.2, 0) is 11.3 Å². The summed E-state index contributed by atoms with van der Waals surface area (Å²) in [5, 5.41) is 4.42. The fourth-order valence-electron chi connectivity index (χ4n) is 6.40. The van der Waals surface area contributed by atoms with E-state index >= 15 is 4.39 Å². The molecule has 3 aromatic carbocycles. The number of fused-ring (bicyclic) bond motifs is 4. The maximum Gasteiger partial charge on any atom is 0.410 e. The quantitative estimate of drug-likeness (QED) is 0.222. The third-order valence-electron chi connectivity index (χ3n) is 8.26. The summed E-state index contributed by atoms with van der Waals surface area (Å²) in [5.74, 6) is -0.250. The van der Waals surface area contributed by atoms with Crippen LogP contribution in [0, 0.1) is 5.82 Å². The number of rotatable bonds is 5. The summed E-state index contributed by atoms with van der Waals surface area (Å²) in [4.78, 5) is 26.0. The molecule has 2 aliphatic heterocycles. The third kappa shape index (κ3) is 5.67. The molecule has 43 heavy (non-hydrogen) atoms. The number of nitrogens with one attached hydrogen (secondary N) is 1. The Morgan fingerprint density at radius 1 is 1.00 bits per heavy atom. The fourth-order valence-corrected chi connectivity index (χ4v) is 7.05. The predicted octanol–water partition coefficient (Wildman–Crippen LogP) is 7.98. The van der Waals surface area contributed by atoms with E-state index in [0.29, 0.717) is 12.1 Å². The lowest BCUT2D eigenvalue weighted by Crippen LogP contribution is -2.56. The molecular formula is C34H34FN5O2S. The van der Waals surface area contributed by atoms with Crippen LogP contribution in [0.3, 0.4) is 0 Å². The van der Waals surface area contributed by atoms with Gasteiger partial charge in [-0.3, -0.25) is 14.8 Å².